The van der Waals surface area contributed by atoms with Crippen LogP contribution in [0.5, 0.6) is 0 Å². The molecule has 2 aliphatic heterocycles. The van der Waals surface area contributed by atoms with Crippen molar-refractivity contribution in [2.24, 2.45) is 5.73 Å². The van der Waals surface area contributed by atoms with Gasteiger partial charge in [-0.2, -0.15) is 0 Å². The number of hydrogen-bond acceptors (Lipinski definition) is 5. The van der Waals surface area contributed by atoms with Crippen LogP contribution in [-0.4, -0.2) is 30.3 Å². The number of nitrogens with zero attached hydrogens (tertiary/aromatic N) is 1. The molecular weight excluding hydrogens is 322 g/mol. The molecule has 7 heteroatoms. The zero-order valence-electron chi connectivity index (χ0n) is 12.0. The summed E-state index contributed by atoms with van der Waals surface area (Å²) in [6.45, 7) is 1.78. The highest BCUT2D eigenvalue weighted by Gasteiger charge is 2.26. The second-order valence-corrected chi connectivity index (χ2v) is 6.27. The van der Waals surface area contributed by atoms with E-state index >= 15 is 0 Å². The van der Waals surface area contributed by atoms with Gasteiger partial charge in [-0.25, -0.2) is 0 Å². The zero-order valence-corrected chi connectivity index (χ0v) is 13.6. The lowest BCUT2D eigenvalue weighted by Gasteiger charge is -2.33. The normalized spacial score (nSPS) is 23.4. The smallest absolute Gasteiger partial charge is 0.290 e. The van der Waals surface area contributed by atoms with E-state index in [1.54, 1.807) is 6.08 Å². The number of carbonyl (C=O) groups excluding carboxylic acids is 2. The van der Waals surface area contributed by atoms with Gasteiger partial charge in [0.2, 0.25) is 0 Å². The van der Waals surface area contributed by atoms with Gasteiger partial charge in [-0.15, -0.1) is 12.4 Å². The van der Waals surface area contributed by atoms with Gasteiger partial charge in [0.25, 0.3) is 11.1 Å². The standard InChI is InChI=1S/C15H17N3O2S.ClH/c16-11-5-3-7-18(9-11)12-6-2-1-4-10(12)8-13-14(19)17-15(20)21-13;/h1-2,4,6,8,11H,3,5,7,9,16H2,(H,17,19,20);1H/t11-;/m1./s1. The Balaban J connectivity index is 0.00000176. The third kappa shape index (κ3) is 3.63. The fraction of sp³-hybridized carbons (Fsp3) is 0.333. The first-order valence-corrected chi connectivity index (χ1v) is 7.79. The maximum atomic E-state index is 11.7. The van der Waals surface area contributed by atoms with Gasteiger partial charge in [-0.1, -0.05) is 18.2 Å². The number of imide groups is 1. The molecule has 0 spiro atoms. The molecule has 0 aromatic heterocycles. The largest absolute Gasteiger partial charge is 0.369 e. The van der Waals surface area contributed by atoms with Gasteiger partial charge in [0.05, 0.1) is 4.91 Å². The Morgan fingerprint density at radius 1 is 1.32 bits per heavy atom. The van der Waals surface area contributed by atoms with Crippen molar-refractivity contribution in [1.82, 2.24) is 5.32 Å². The van der Waals surface area contributed by atoms with E-state index in [9.17, 15) is 9.59 Å². The second kappa shape index (κ2) is 7.17. The van der Waals surface area contributed by atoms with E-state index in [1.165, 1.54) is 0 Å². The van der Waals surface area contributed by atoms with E-state index < -0.39 is 0 Å². The molecule has 1 aromatic rings. The third-order valence-electron chi connectivity index (χ3n) is 3.66. The molecule has 2 amide bonds. The Labute approximate surface area is 139 Å². The Kier molecular flexibility index (Phi) is 5.50. The summed E-state index contributed by atoms with van der Waals surface area (Å²) in [5, 5.41) is 1.96. The highest BCUT2D eigenvalue weighted by Crippen LogP contribution is 2.30. The molecule has 2 saturated heterocycles. The zero-order chi connectivity index (χ0) is 14.8. The Morgan fingerprint density at radius 3 is 2.77 bits per heavy atom. The molecule has 2 heterocycles. The summed E-state index contributed by atoms with van der Waals surface area (Å²) < 4.78 is 0. The minimum atomic E-state index is -0.324. The van der Waals surface area contributed by atoms with Crippen molar-refractivity contribution < 1.29 is 9.59 Å². The molecule has 0 bridgehead atoms. The van der Waals surface area contributed by atoms with Crippen LogP contribution in [0, 0.1) is 0 Å². The first kappa shape index (κ1) is 16.9. The molecule has 5 nitrogen and oxygen atoms in total. The lowest BCUT2D eigenvalue weighted by molar-refractivity contribution is -0.115. The molecular formula is C15H18ClN3O2S. The van der Waals surface area contributed by atoms with Gasteiger partial charge in [0, 0.05) is 24.8 Å². The first-order chi connectivity index (χ1) is 10.1. The summed E-state index contributed by atoms with van der Waals surface area (Å²) in [5.41, 5.74) is 8.05. The summed E-state index contributed by atoms with van der Waals surface area (Å²) in [6, 6.07) is 8.08. The minimum absolute atomic E-state index is 0. The minimum Gasteiger partial charge on any atom is -0.369 e. The molecule has 2 fully saturated rings. The number of nitrogens with two attached hydrogens (primary N) is 1. The van der Waals surface area contributed by atoms with Crippen LogP contribution >= 0.6 is 24.2 Å². The lowest BCUT2D eigenvalue weighted by Crippen LogP contribution is -2.43. The van der Waals surface area contributed by atoms with Gasteiger partial charge in [-0.3, -0.25) is 14.9 Å². The molecule has 118 valence electrons. The molecule has 2 aliphatic rings. The summed E-state index contributed by atoms with van der Waals surface area (Å²) in [5.74, 6) is -0.324. The number of anilines is 1. The van der Waals surface area contributed by atoms with Crippen LogP contribution < -0.4 is 16.0 Å². The summed E-state index contributed by atoms with van der Waals surface area (Å²) in [7, 11) is 0. The van der Waals surface area contributed by atoms with Crippen LogP contribution in [0.4, 0.5) is 10.5 Å². The average Bonchev–Trinajstić information content (AvgIpc) is 2.77. The maximum Gasteiger partial charge on any atom is 0.290 e. The summed E-state index contributed by atoms with van der Waals surface area (Å²) in [4.78, 5) is 25.6. The lowest BCUT2D eigenvalue weighted by atomic mass is 10.0. The molecule has 0 aliphatic carbocycles. The molecule has 3 rings (SSSR count). The topological polar surface area (TPSA) is 75.4 Å². The monoisotopic (exact) mass is 339 g/mol. The fourth-order valence-corrected chi connectivity index (χ4v) is 3.36. The Morgan fingerprint density at radius 2 is 2.09 bits per heavy atom. The van der Waals surface area contributed by atoms with Crippen molar-refractivity contribution in [3.63, 3.8) is 0 Å². The number of nitrogens with one attached hydrogen (secondary N) is 1. The quantitative estimate of drug-likeness (QED) is 0.809. The van der Waals surface area contributed by atoms with Crippen molar-refractivity contribution in [1.29, 1.82) is 0 Å². The van der Waals surface area contributed by atoms with Crippen molar-refractivity contribution in [2.45, 2.75) is 18.9 Å². The van der Waals surface area contributed by atoms with E-state index in [2.05, 4.69) is 10.2 Å². The van der Waals surface area contributed by atoms with Crippen molar-refractivity contribution in [3.05, 3.63) is 34.7 Å². The van der Waals surface area contributed by atoms with E-state index in [1.807, 2.05) is 24.3 Å². The number of para-hydroxylation sites is 1. The Hall–Kier alpha value is -1.50. The second-order valence-electron chi connectivity index (χ2n) is 5.26. The molecule has 1 atom stereocenters. The first-order valence-electron chi connectivity index (χ1n) is 6.98. The van der Waals surface area contributed by atoms with Gasteiger partial charge in [-0.05, 0) is 42.3 Å². The molecule has 0 unspecified atom stereocenters. The predicted molar refractivity (Wildman–Crippen MR) is 92.2 cm³/mol. The van der Waals surface area contributed by atoms with E-state index in [0.717, 1.165) is 48.9 Å². The molecule has 1 aromatic carbocycles. The van der Waals surface area contributed by atoms with Crippen molar-refractivity contribution in [3.8, 4) is 0 Å². The SMILES string of the molecule is Cl.N[C@@H]1CCCN(c2ccccc2C=C2SC(=O)NC2=O)C1. The van der Waals surface area contributed by atoms with Gasteiger partial charge < -0.3 is 10.6 Å². The van der Waals surface area contributed by atoms with Crippen molar-refractivity contribution >= 4 is 47.1 Å². The Bertz CT molecular complexity index is 621. The van der Waals surface area contributed by atoms with Gasteiger partial charge in [0.1, 0.15) is 0 Å². The number of rotatable bonds is 2. The number of carbonyl (C=O) groups is 2. The molecule has 3 N–H and O–H groups in total. The maximum absolute atomic E-state index is 11.7. The number of piperidine rings is 1. The van der Waals surface area contributed by atoms with Gasteiger partial charge in [0.15, 0.2) is 0 Å². The fourth-order valence-electron chi connectivity index (χ4n) is 2.69. The van der Waals surface area contributed by atoms with Crippen LogP contribution in [0.25, 0.3) is 6.08 Å². The molecule has 0 saturated carbocycles. The van der Waals surface area contributed by atoms with Crippen molar-refractivity contribution in [2.75, 3.05) is 18.0 Å². The predicted octanol–water partition coefficient (Wildman–Crippen LogP) is 2.36. The number of thioether (sulfide) groups is 1. The molecule has 0 radical (unpaired) electrons. The van der Waals surface area contributed by atoms with Crippen LogP contribution in [0.3, 0.4) is 0 Å². The molecule has 22 heavy (non-hydrogen) atoms. The van der Waals surface area contributed by atoms with Crippen LogP contribution in [-0.2, 0) is 4.79 Å². The summed E-state index contributed by atoms with van der Waals surface area (Å²) in [6.07, 6.45) is 3.90. The number of amides is 2. The summed E-state index contributed by atoms with van der Waals surface area (Å²) >= 11 is 0.943. The third-order valence-corrected chi connectivity index (χ3v) is 4.47. The van der Waals surface area contributed by atoms with Crippen LogP contribution in [0.2, 0.25) is 0 Å². The van der Waals surface area contributed by atoms with E-state index in [4.69, 9.17) is 5.73 Å². The highest BCUT2D eigenvalue weighted by atomic mass is 35.5. The van der Waals surface area contributed by atoms with Crippen LogP contribution in [0.15, 0.2) is 29.2 Å². The number of halogens is 1. The highest BCUT2D eigenvalue weighted by molar-refractivity contribution is 8.18. The van der Waals surface area contributed by atoms with E-state index in [-0.39, 0.29) is 29.6 Å². The average molecular weight is 340 g/mol. The van der Waals surface area contributed by atoms with E-state index in [0.29, 0.717) is 4.91 Å². The van der Waals surface area contributed by atoms with Gasteiger partial charge >= 0.3 is 0 Å². The number of benzene rings is 1. The van der Waals surface area contributed by atoms with Crippen LogP contribution in [0.1, 0.15) is 18.4 Å². The number of hydrogen-bond donors (Lipinski definition) is 2.